The molecular formula is C18H27NO5. The van der Waals surface area contributed by atoms with Gasteiger partial charge in [-0.2, -0.15) is 0 Å². The maximum absolute atomic E-state index is 11.8. The Morgan fingerprint density at radius 1 is 1.04 bits per heavy atom. The number of hydrogen-bond donors (Lipinski definition) is 1. The largest absolute Gasteiger partial charge is 0.497 e. The zero-order valence-corrected chi connectivity index (χ0v) is 15.0. The Kier molecular flexibility index (Phi) is 8.09. The maximum atomic E-state index is 11.8. The van der Waals surface area contributed by atoms with Crippen molar-refractivity contribution in [1.82, 2.24) is 5.32 Å². The zero-order valence-electron chi connectivity index (χ0n) is 15.0. The lowest BCUT2D eigenvalue weighted by molar-refractivity contribution is -0.148. The standard InChI is InChI=1S/C18H27NO5/c1-12(2)13(3)19-17(20)11-24-18(21)7-6-14-8-15(22-4)10-16(9-14)23-5/h8-10,12-13H,6-7,11H2,1-5H3,(H,19,20). The third-order valence-electron chi connectivity index (χ3n) is 3.78. The predicted molar refractivity (Wildman–Crippen MR) is 91.3 cm³/mol. The highest BCUT2D eigenvalue weighted by atomic mass is 16.5. The van der Waals surface area contributed by atoms with Crippen molar-refractivity contribution in [3.63, 3.8) is 0 Å². The molecule has 0 saturated heterocycles. The van der Waals surface area contributed by atoms with Crippen LogP contribution in [0.25, 0.3) is 0 Å². The first-order valence-electron chi connectivity index (χ1n) is 8.02. The molecule has 24 heavy (non-hydrogen) atoms. The van der Waals surface area contributed by atoms with Gasteiger partial charge in [-0.05, 0) is 37.0 Å². The van der Waals surface area contributed by atoms with E-state index in [1.54, 1.807) is 20.3 Å². The number of carbonyl (C=O) groups excluding carboxylic acids is 2. The van der Waals surface area contributed by atoms with E-state index < -0.39 is 5.97 Å². The van der Waals surface area contributed by atoms with Crippen molar-refractivity contribution >= 4 is 11.9 Å². The molecule has 1 rings (SSSR count). The van der Waals surface area contributed by atoms with Gasteiger partial charge in [-0.1, -0.05) is 13.8 Å². The summed E-state index contributed by atoms with van der Waals surface area (Å²) in [5.41, 5.74) is 0.904. The van der Waals surface area contributed by atoms with Crippen LogP contribution in [-0.4, -0.2) is 38.7 Å². The van der Waals surface area contributed by atoms with Crippen molar-refractivity contribution in [2.45, 2.75) is 39.7 Å². The van der Waals surface area contributed by atoms with E-state index in [-0.39, 0.29) is 25.0 Å². The smallest absolute Gasteiger partial charge is 0.306 e. The fraction of sp³-hybridized carbons (Fsp3) is 0.556. The summed E-state index contributed by atoms with van der Waals surface area (Å²) >= 11 is 0. The first-order valence-corrected chi connectivity index (χ1v) is 8.02. The molecular weight excluding hydrogens is 310 g/mol. The van der Waals surface area contributed by atoms with Gasteiger partial charge in [0.15, 0.2) is 6.61 Å². The molecule has 6 nitrogen and oxygen atoms in total. The lowest BCUT2D eigenvalue weighted by Gasteiger charge is -2.17. The van der Waals surface area contributed by atoms with Gasteiger partial charge in [0, 0.05) is 18.5 Å². The molecule has 1 aromatic rings. The normalized spacial score (nSPS) is 11.8. The molecule has 0 radical (unpaired) electrons. The lowest BCUT2D eigenvalue weighted by Crippen LogP contribution is -2.38. The molecule has 1 N–H and O–H groups in total. The van der Waals surface area contributed by atoms with Gasteiger partial charge in [0.25, 0.3) is 5.91 Å². The van der Waals surface area contributed by atoms with Crippen LogP contribution in [0.1, 0.15) is 32.8 Å². The van der Waals surface area contributed by atoms with E-state index in [1.807, 2.05) is 32.9 Å². The van der Waals surface area contributed by atoms with E-state index in [0.29, 0.717) is 23.8 Å². The molecule has 0 bridgehead atoms. The van der Waals surface area contributed by atoms with Crippen LogP contribution in [0.4, 0.5) is 0 Å². The minimum Gasteiger partial charge on any atom is -0.497 e. The molecule has 0 spiro atoms. The van der Waals surface area contributed by atoms with Crippen LogP contribution < -0.4 is 14.8 Å². The summed E-state index contributed by atoms with van der Waals surface area (Å²) in [6, 6.07) is 5.49. The number of methoxy groups -OCH3 is 2. The Morgan fingerprint density at radius 2 is 1.62 bits per heavy atom. The second-order valence-corrected chi connectivity index (χ2v) is 5.98. The van der Waals surface area contributed by atoms with Crippen LogP contribution in [0.5, 0.6) is 11.5 Å². The van der Waals surface area contributed by atoms with Gasteiger partial charge in [0.1, 0.15) is 11.5 Å². The molecule has 0 aliphatic rings. The number of esters is 1. The lowest BCUT2D eigenvalue weighted by atomic mass is 10.1. The van der Waals surface area contributed by atoms with Crippen molar-refractivity contribution in [3.8, 4) is 11.5 Å². The number of hydrogen-bond acceptors (Lipinski definition) is 5. The first-order chi connectivity index (χ1) is 11.3. The van der Waals surface area contributed by atoms with Gasteiger partial charge in [-0.25, -0.2) is 0 Å². The SMILES string of the molecule is COc1cc(CCC(=O)OCC(=O)NC(C)C(C)C)cc(OC)c1. The van der Waals surface area contributed by atoms with Crippen molar-refractivity contribution in [2.75, 3.05) is 20.8 Å². The highest BCUT2D eigenvalue weighted by Gasteiger charge is 2.13. The Morgan fingerprint density at radius 3 is 2.12 bits per heavy atom. The van der Waals surface area contributed by atoms with Crippen LogP contribution in [0.3, 0.4) is 0 Å². The average molecular weight is 337 g/mol. The van der Waals surface area contributed by atoms with E-state index in [1.165, 1.54) is 0 Å². The fourth-order valence-corrected chi connectivity index (χ4v) is 1.94. The summed E-state index contributed by atoms with van der Waals surface area (Å²) in [5.74, 6) is 0.962. The summed E-state index contributed by atoms with van der Waals surface area (Å²) in [4.78, 5) is 23.5. The van der Waals surface area contributed by atoms with Crippen LogP contribution >= 0.6 is 0 Å². The monoisotopic (exact) mass is 337 g/mol. The molecule has 0 fully saturated rings. The second-order valence-electron chi connectivity index (χ2n) is 5.98. The first kappa shape index (κ1) is 19.8. The minimum atomic E-state index is -0.413. The minimum absolute atomic E-state index is 0.0421. The van der Waals surface area contributed by atoms with E-state index in [9.17, 15) is 9.59 Å². The molecule has 0 saturated carbocycles. The third-order valence-corrected chi connectivity index (χ3v) is 3.78. The molecule has 1 unspecified atom stereocenters. The molecule has 0 heterocycles. The Labute approximate surface area is 143 Å². The fourth-order valence-electron chi connectivity index (χ4n) is 1.94. The van der Waals surface area contributed by atoms with E-state index in [4.69, 9.17) is 14.2 Å². The van der Waals surface area contributed by atoms with Crippen LogP contribution in [0, 0.1) is 5.92 Å². The second kappa shape index (κ2) is 9.80. The number of ether oxygens (including phenoxy) is 3. The van der Waals surface area contributed by atoms with E-state index in [2.05, 4.69) is 5.32 Å². The average Bonchev–Trinajstić information content (AvgIpc) is 2.57. The number of amides is 1. The predicted octanol–water partition coefficient (Wildman–Crippen LogP) is 2.34. The number of benzene rings is 1. The van der Waals surface area contributed by atoms with Crippen LogP contribution in [0.15, 0.2) is 18.2 Å². The quantitative estimate of drug-likeness (QED) is 0.700. The van der Waals surface area contributed by atoms with Crippen molar-refractivity contribution in [1.29, 1.82) is 0 Å². The van der Waals surface area contributed by atoms with Gasteiger partial charge in [0.05, 0.1) is 14.2 Å². The van der Waals surface area contributed by atoms with Crippen LogP contribution in [-0.2, 0) is 20.7 Å². The third kappa shape index (κ3) is 6.89. The van der Waals surface area contributed by atoms with Crippen molar-refractivity contribution in [3.05, 3.63) is 23.8 Å². The van der Waals surface area contributed by atoms with Gasteiger partial charge < -0.3 is 19.5 Å². The molecule has 1 atom stereocenters. The molecule has 0 aromatic heterocycles. The summed E-state index contributed by atoms with van der Waals surface area (Å²) in [7, 11) is 3.15. The van der Waals surface area contributed by atoms with E-state index in [0.717, 1.165) is 5.56 Å². The highest BCUT2D eigenvalue weighted by Crippen LogP contribution is 2.23. The Hall–Kier alpha value is -2.24. The van der Waals surface area contributed by atoms with Crippen molar-refractivity contribution in [2.24, 2.45) is 5.92 Å². The summed E-state index contributed by atoms with van der Waals surface area (Å²) in [6.45, 7) is 5.69. The van der Waals surface area contributed by atoms with Gasteiger partial charge in [-0.3, -0.25) is 9.59 Å². The number of rotatable bonds is 9. The van der Waals surface area contributed by atoms with Gasteiger partial charge >= 0.3 is 5.97 Å². The Balaban J connectivity index is 2.42. The topological polar surface area (TPSA) is 73.9 Å². The summed E-state index contributed by atoms with van der Waals surface area (Å²) in [6.07, 6.45) is 0.666. The maximum Gasteiger partial charge on any atom is 0.306 e. The van der Waals surface area contributed by atoms with Gasteiger partial charge in [0.2, 0.25) is 0 Å². The molecule has 0 aliphatic carbocycles. The van der Waals surface area contributed by atoms with E-state index >= 15 is 0 Å². The Bertz CT molecular complexity index is 534. The van der Waals surface area contributed by atoms with Crippen LogP contribution in [0.2, 0.25) is 0 Å². The summed E-state index contributed by atoms with van der Waals surface area (Å²) in [5, 5.41) is 2.79. The summed E-state index contributed by atoms with van der Waals surface area (Å²) < 4.78 is 15.4. The van der Waals surface area contributed by atoms with Gasteiger partial charge in [-0.15, -0.1) is 0 Å². The number of nitrogens with one attached hydrogen (secondary N) is 1. The zero-order chi connectivity index (χ0) is 18.1. The molecule has 6 heteroatoms. The molecule has 0 aliphatic heterocycles. The molecule has 1 aromatic carbocycles. The molecule has 1 amide bonds. The number of aryl methyl sites for hydroxylation is 1. The van der Waals surface area contributed by atoms with Crippen molar-refractivity contribution < 1.29 is 23.8 Å². The molecule has 134 valence electrons. The number of carbonyl (C=O) groups is 2. The highest BCUT2D eigenvalue weighted by molar-refractivity contribution is 5.80.